The van der Waals surface area contributed by atoms with Gasteiger partial charge in [-0.05, 0) is 30.2 Å². The van der Waals surface area contributed by atoms with Crippen molar-refractivity contribution >= 4 is 23.3 Å². The summed E-state index contributed by atoms with van der Waals surface area (Å²) in [6.07, 6.45) is 1.22. The number of anilines is 2. The summed E-state index contributed by atoms with van der Waals surface area (Å²) < 4.78 is 4.58. The fourth-order valence-corrected chi connectivity index (χ4v) is 2.25. The lowest BCUT2D eigenvalue weighted by Crippen LogP contribution is -2.25. The number of ether oxygens (including phenoxy) is 1. The van der Waals surface area contributed by atoms with Gasteiger partial charge in [0.15, 0.2) is 0 Å². The number of amides is 1. The lowest BCUT2D eigenvalue weighted by molar-refractivity contribution is -0.140. The van der Waals surface area contributed by atoms with Crippen molar-refractivity contribution in [1.82, 2.24) is 0 Å². The van der Waals surface area contributed by atoms with Gasteiger partial charge in [0, 0.05) is 31.4 Å². The molecule has 1 aromatic carbocycles. The summed E-state index contributed by atoms with van der Waals surface area (Å²) in [6, 6.07) is 5.91. The lowest BCUT2D eigenvalue weighted by Gasteiger charge is -2.15. The van der Waals surface area contributed by atoms with Gasteiger partial charge in [-0.2, -0.15) is 0 Å². The number of methoxy groups -OCH3 is 1. The van der Waals surface area contributed by atoms with Gasteiger partial charge in [-0.15, -0.1) is 0 Å². The minimum Gasteiger partial charge on any atom is -0.469 e. The number of esters is 1. The molecule has 1 N–H and O–H groups in total. The Bertz CT molecular complexity index is 499. The van der Waals surface area contributed by atoms with Gasteiger partial charge in [0.05, 0.1) is 13.5 Å². The molecule has 1 aliphatic heterocycles. The maximum atomic E-state index is 11.4. The van der Waals surface area contributed by atoms with Gasteiger partial charge in [0.1, 0.15) is 0 Å². The van der Waals surface area contributed by atoms with Crippen LogP contribution in [0.2, 0.25) is 0 Å². The van der Waals surface area contributed by atoms with Crippen molar-refractivity contribution in [2.75, 3.05) is 30.4 Å². The molecule has 0 radical (unpaired) electrons. The fourth-order valence-electron chi connectivity index (χ4n) is 2.25. The van der Waals surface area contributed by atoms with Gasteiger partial charge in [-0.25, -0.2) is 0 Å². The number of nitrogens with zero attached hydrogens (tertiary/aromatic N) is 1. The van der Waals surface area contributed by atoms with Crippen LogP contribution in [-0.2, 0) is 20.7 Å². The molecule has 1 aromatic rings. The number of hydrogen-bond acceptors (Lipinski definition) is 4. The zero-order valence-corrected chi connectivity index (χ0v) is 11.2. The molecular weight excluding hydrogens is 244 g/mol. The summed E-state index contributed by atoms with van der Waals surface area (Å²) in [5, 5.41) is 3.18. The highest BCUT2D eigenvalue weighted by atomic mass is 16.5. The lowest BCUT2D eigenvalue weighted by atomic mass is 10.1. The van der Waals surface area contributed by atoms with Crippen molar-refractivity contribution in [3.63, 3.8) is 0 Å². The normalized spacial score (nSPS) is 13.1. The summed E-state index contributed by atoms with van der Waals surface area (Å²) >= 11 is 0. The maximum Gasteiger partial charge on any atom is 0.307 e. The highest BCUT2D eigenvalue weighted by Gasteiger charge is 2.21. The maximum absolute atomic E-state index is 11.4. The van der Waals surface area contributed by atoms with Gasteiger partial charge in [-0.3, -0.25) is 9.59 Å². The van der Waals surface area contributed by atoms with Crippen LogP contribution in [0, 0.1) is 0 Å². The Kier molecular flexibility index (Phi) is 4.04. The first kappa shape index (κ1) is 13.4. The van der Waals surface area contributed by atoms with Crippen molar-refractivity contribution < 1.29 is 14.3 Å². The van der Waals surface area contributed by atoms with Crippen molar-refractivity contribution in [1.29, 1.82) is 0 Å². The van der Waals surface area contributed by atoms with Gasteiger partial charge in [0.2, 0.25) is 5.91 Å². The van der Waals surface area contributed by atoms with Gasteiger partial charge >= 0.3 is 5.97 Å². The fraction of sp³-hybridized carbons (Fsp3) is 0.429. The number of rotatable bonds is 4. The highest BCUT2D eigenvalue weighted by Crippen LogP contribution is 2.30. The van der Waals surface area contributed by atoms with Crippen molar-refractivity contribution in [3.8, 4) is 0 Å². The SMILES string of the molecule is COC(=O)CCNc1ccc2c(c1)CCN2C(C)=O. The molecule has 19 heavy (non-hydrogen) atoms. The van der Waals surface area contributed by atoms with E-state index in [0.717, 1.165) is 24.3 Å². The Morgan fingerprint density at radius 1 is 1.42 bits per heavy atom. The molecule has 5 heteroatoms. The molecule has 0 saturated carbocycles. The second kappa shape index (κ2) is 5.73. The second-order valence-electron chi connectivity index (χ2n) is 4.52. The Hall–Kier alpha value is -2.04. The summed E-state index contributed by atoms with van der Waals surface area (Å²) in [5.41, 5.74) is 3.12. The molecule has 1 heterocycles. The monoisotopic (exact) mass is 262 g/mol. The quantitative estimate of drug-likeness (QED) is 0.837. The summed E-state index contributed by atoms with van der Waals surface area (Å²) in [6.45, 7) is 2.87. The molecule has 102 valence electrons. The third-order valence-electron chi connectivity index (χ3n) is 3.24. The van der Waals surface area contributed by atoms with E-state index in [-0.39, 0.29) is 11.9 Å². The molecule has 0 fully saturated rings. The van der Waals surface area contributed by atoms with Crippen LogP contribution in [0.1, 0.15) is 18.9 Å². The van der Waals surface area contributed by atoms with E-state index in [1.165, 1.54) is 12.7 Å². The van der Waals surface area contributed by atoms with Crippen LogP contribution in [0.3, 0.4) is 0 Å². The van der Waals surface area contributed by atoms with E-state index in [0.29, 0.717) is 13.0 Å². The van der Waals surface area contributed by atoms with E-state index in [1.54, 1.807) is 11.8 Å². The Morgan fingerprint density at radius 3 is 2.89 bits per heavy atom. The van der Waals surface area contributed by atoms with Crippen LogP contribution < -0.4 is 10.2 Å². The number of benzene rings is 1. The van der Waals surface area contributed by atoms with E-state index in [9.17, 15) is 9.59 Å². The Balaban J connectivity index is 1.99. The van der Waals surface area contributed by atoms with E-state index in [4.69, 9.17) is 0 Å². The topological polar surface area (TPSA) is 58.6 Å². The molecule has 0 aliphatic carbocycles. The van der Waals surface area contributed by atoms with E-state index in [1.807, 2.05) is 18.2 Å². The molecule has 0 saturated heterocycles. The summed E-state index contributed by atoms with van der Waals surface area (Å²) in [7, 11) is 1.38. The van der Waals surface area contributed by atoms with Crippen molar-refractivity contribution in [2.24, 2.45) is 0 Å². The van der Waals surface area contributed by atoms with Crippen LogP contribution in [0.25, 0.3) is 0 Å². The van der Waals surface area contributed by atoms with Gasteiger partial charge in [-0.1, -0.05) is 0 Å². The van der Waals surface area contributed by atoms with Crippen LogP contribution in [0.5, 0.6) is 0 Å². The second-order valence-corrected chi connectivity index (χ2v) is 4.52. The summed E-state index contributed by atoms with van der Waals surface area (Å²) in [5.74, 6) is -0.151. The van der Waals surface area contributed by atoms with Crippen LogP contribution >= 0.6 is 0 Å². The number of hydrogen-bond donors (Lipinski definition) is 1. The Morgan fingerprint density at radius 2 is 2.21 bits per heavy atom. The van der Waals surface area contributed by atoms with E-state index in [2.05, 4.69) is 10.1 Å². The zero-order valence-electron chi connectivity index (χ0n) is 11.2. The minimum atomic E-state index is -0.226. The standard InChI is InChI=1S/C14H18N2O3/c1-10(17)16-8-6-11-9-12(3-4-13(11)16)15-7-5-14(18)19-2/h3-4,9,15H,5-8H2,1-2H3. The van der Waals surface area contributed by atoms with Gasteiger partial charge < -0.3 is 15.0 Å². The predicted molar refractivity (Wildman–Crippen MR) is 73.3 cm³/mol. The smallest absolute Gasteiger partial charge is 0.307 e. The first-order chi connectivity index (χ1) is 9.11. The average Bonchev–Trinajstić information content (AvgIpc) is 2.81. The number of carbonyl (C=O) groups excluding carboxylic acids is 2. The molecule has 1 aliphatic rings. The molecular formula is C14H18N2O3. The molecule has 0 atom stereocenters. The number of fused-ring (bicyclic) bond motifs is 1. The van der Waals surface area contributed by atoms with E-state index >= 15 is 0 Å². The van der Waals surface area contributed by atoms with Crippen LogP contribution in [-0.4, -0.2) is 32.1 Å². The first-order valence-electron chi connectivity index (χ1n) is 6.33. The summed E-state index contributed by atoms with van der Waals surface area (Å²) in [4.78, 5) is 24.2. The molecule has 0 unspecified atom stereocenters. The van der Waals surface area contributed by atoms with Crippen molar-refractivity contribution in [2.45, 2.75) is 19.8 Å². The third kappa shape index (κ3) is 3.05. The van der Waals surface area contributed by atoms with E-state index < -0.39 is 0 Å². The van der Waals surface area contributed by atoms with Crippen LogP contribution in [0.4, 0.5) is 11.4 Å². The Labute approximate surface area is 112 Å². The first-order valence-corrected chi connectivity index (χ1v) is 6.33. The molecule has 0 spiro atoms. The molecule has 2 rings (SSSR count). The predicted octanol–water partition coefficient (Wildman–Crippen LogP) is 1.57. The molecule has 5 nitrogen and oxygen atoms in total. The highest BCUT2D eigenvalue weighted by molar-refractivity contribution is 5.94. The largest absolute Gasteiger partial charge is 0.469 e. The van der Waals surface area contributed by atoms with Gasteiger partial charge in [0.25, 0.3) is 0 Å². The molecule has 0 bridgehead atoms. The molecule has 1 amide bonds. The third-order valence-corrected chi connectivity index (χ3v) is 3.24. The van der Waals surface area contributed by atoms with Crippen LogP contribution in [0.15, 0.2) is 18.2 Å². The zero-order chi connectivity index (χ0) is 13.8. The average molecular weight is 262 g/mol. The van der Waals surface area contributed by atoms with Crippen molar-refractivity contribution in [3.05, 3.63) is 23.8 Å². The molecule has 0 aromatic heterocycles. The minimum absolute atomic E-state index is 0.0742. The number of carbonyl (C=O) groups is 2. The number of nitrogens with one attached hydrogen (secondary N) is 1.